The Balaban J connectivity index is 2.34. The molecule has 2 heterocycles. The molecule has 0 spiro atoms. The first-order valence-corrected chi connectivity index (χ1v) is 6.04. The largest absolute Gasteiger partial charge is 0.330 e. The van der Waals surface area contributed by atoms with Crippen molar-refractivity contribution < 1.29 is 4.39 Å². The lowest BCUT2D eigenvalue weighted by molar-refractivity contribution is 0.629. The molecule has 0 bridgehead atoms. The van der Waals surface area contributed by atoms with Gasteiger partial charge in [-0.15, -0.1) is 0 Å². The Morgan fingerprint density at radius 1 is 1.47 bits per heavy atom. The van der Waals surface area contributed by atoms with E-state index >= 15 is 0 Å². The van der Waals surface area contributed by atoms with Gasteiger partial charge in [0.05, 0.1) is 16.7 Å². The Hall–Kier alpha value is -1.40. The molecular formula is C11H10BrFN4. The summed E-state index contributed by atoms with van der Waals surface area (Å²) in [5.74, 6) is 0.414. The van der Waals surface area contributed by atoms with Crippen LogP contribution in [0.1, 0.15) is 5.69 Å². The molecule has 0 aliphatic carbocycles. The normalized spacial score (nSPS) is 11.7. The first-order valence-electron chi connectivity index (χ1n) is 5.25. The average Bonchev–Trinajstić information content (AvgIpc) is 2.77. The number of rotatable bonds is 2. The van der Waals surface area contributed by atoms with Crippen LogP contribution in [0, 0.1) is 5.82 Å². The topological polar surface area (TPSA) is 59.1 Å². The fourth-order valence-corrected chi connectivity index (χ4v) is 2.62. The smallest absolute Gasteiger partial charge is 0.213 e. The number of nitrogens with two attached hydrogens (primary N) is 1. The van der Waals surface area contributed by atoms with Gasteiger partial charge in [0.15, 0.2) is 0 Å². The van der Waals surface area contributed by atoms with Gasteiger partial charge in [0.2, 0.25) is 5.78 Å². The fraction of sp³-hybridized carbons (Fsp3) is 0.182. The molecule has 0 aliphatic heterocycles. The van der Waals surface area contributed by atoms with Gasteiger partial charge in [-0.2, -0.15) is 0 Å². The predicted molar refractivity (Wildman–Crippen MR) is 67.5 cm³/mol. The zero-order chi connectivity index (χ0) is 12.0. The number of imidazole rings is 2. The average molecular weight is 297 g/mol. The van der Waals surface area contributed by atoms with Crippen molar-refractivity contribution in [3.8, 4) is 0 Å². The number of fused-ring (bicyclic) bond motifs is 3. The van der Waals surface area contributed by atoms with Gasteiger partial charge in [-0.25, -0.2) is 9.37 Å². The Morgan fingerprint density at radius 2 is 2.29 bits per heavy atom. The summed E-state index contributed by atoms with van der Waals surface area (Å²) in [4.78, 5) is 7.51. The Labute approximate surface area is 105 Å². The molecule has 88 valence electrons. The highest BCUT2D eigenvalue weighted by Gasteiger charge is 2.13. The first kappa shape index (κ1) is 10.7. The van der Waals surface area contributed by atoms with Crippen LogP contribution in [-0.4, -0.2) is 20.9 Å². The molecule has 3 N–H and O–H groups in total. The lowest BCUT2D eigenvalue weighted by Gasteiger charge is -1.96. The van der Waals surface area contributed by atoms with E-state index < -0.39 is 0 Å². The zero-order valence-electron chi connectivity index (χ0n) is 8.87. The summed E-state index contributed by atoms with van der Waals surface area (Å²) < 4.78 is 15.9. The van der Waals surface area contributed by atoms with Crippen molar-refractivity contribution in [2.24, 2.45) is 5.73 Å². The second-order valence-corrected chi connectivity index (χ2v) is 4.59. The number of hydrogen-bond acceptors (Lipinski definition) is 2. The Kier molecular flexibility index (Phi) is 2.41. The number of nitrogens with one attached hydrogen (secondary N) is 1. The molecule has 0 unspecified atom stereocenters. The van der Waals surface area contributed by atoms with Crippen LogP contribution in [0.5, 0.6) is 0 Å². The second kappa shape index (κ2) is 3.82. The van der Waals surface area contributed by atoms with Crippen LogP contribution in [0.3, 0.4) is 0 Å². The lowest BCUT2D eigenvalue weighted by atomic mass is 10.3. The van der Waals surface area contributed by atoms with Crippen molar-refractivity contribution in [1.29, 1.82) is 0 Å². The Bertz CT molecular complexity index is 700. The van der Waals surface area contributed by atoms with Gasteiger partial charge in [-0.05, 0) is 34.6 Å². The highest BCUT2D eigenvalue weighted by atomic mass is 79.9. The molecule has 1 aromatic carbocycles. The van der Waals surface area contributed by atoms with Crippen LogP contribution in [0.25, 0.3) is 16.8 Å². The number of hydrogen-bond donors (Lipinski definition) is 2. The van der Waals surface area contributed by atoms with E-state index in [1.807, 2.05) is 4.40 Å². The minimum atomic E-state index is -0.281. The fourth-order valence-electron chi connectivity index (χ4n) is 1.97. The molecular weight excluding hydrogens is 287 g/mol. The van der Waals surface area contributed by atoms with Crippen molar-refractivity contribution in [3.63, 3.8) is 0 Å². The first-order chi connectivity index (χ1) is 8.20. The van der Waals surface area contributed by atoms with Gasteiger partial charge in [0.25, 0.3) is 0 Å². The molecule has 17 heavy (non-hydrogen) atoms. The molecule has 0 saturated carbocycles. The number of H-pyrrole nitrogens is 1. The van der Waals surface area contributed by atoms with Gasteiger partial charge in [-0.1, -0.05) is 0 Å². The maximum atomic E-state index is 13.1. The van der Waals surface area contributed by atoms with Gasteiger partial charge >= 0.3 is 0 Å². The van der Waals surface area contributed by atoms with Crippen LogP contribution in [-0.2, 0) is 6.42 Å². The van der Waals surface area contributed by atoms with E-state index in [4.69, 9.17) is 5.73 Å². The van der Waals surface area contributed by atoms with E-state index in [0.29, 0.717) is 17.8 Å². The van der Waals surface area contributed by atoms with Gasteiger partial charge in [-0.3, -0.25) is 4.40 Å². The van der Waals surface area contributed by atoms with Crippen molar-refractivity contribution in [2.75, 3.05) is 6.54 Å². The molecule has 2 aromatic heterocycles. The minimum absolute atomic E-state index is 0.281. The van der Waals surface area contributed by atoms with Crippen LogP contribution in [0.4, 0.5) is 4.39 Å². The van der Waals surface area contributed by atoms with Crippen LogP contribution >= 0.6 is 15.9 Å². The van der Waals surface area contributed by atoms with Crippen molar-refractivity contribution in [3.05, 3.63) is 34.3 Å². The van der Waals surface area contributed by atoms with Gasteiger partial charge in [0.1, 0.15) is 10.4 Å². The quantitative estimate of drug-likeness (QED) is 0.762. The number of aromatic nitrogens is 3. The van der Waals surface area contributed by atoms with Crippen LogP contribution in [0.15, 0.2) is 22.8 Å². The summed E-state index contributed by atoms with van der Waals surface area (Å²) in [5.41, 5.74) is 8.04. The molecule has 0 saturated heterocycles. The number of benzene rings is 1. The molecule has 0 amide bonds. The minimum Gasteiger partial charge on any atom is -0.330 e. The lowest BCUT2D eigenvalue weighted by Crippen LogP contribution is -2.03. The van der Waals surface area contributed by atoms with E-state index in [1.54, 1.807) is 6.07 Å². The number of halogens is 2. The predicted octanol–water partition coefficient (Wildman–Crippen LogP) is 2.22. The standard InChI is InChI=1S/C11H10BrFN4/c12-10-7(3-4-14)15-11-16-8-5-6(13)1-2-9(8)17(10)11/h1-2,5H,3-4,14H2,(H,15,16). The summed E-state index contributed by atoms with van der Waals surface area (Å²) in [7, 11) is 0. The van der Waals surface area contributed by atoms with E-state index in [0.717, 1.165) is 22.2 Å². The Morgan fingerprint density at radius 3 is 3.06 bits per heavy atom. The summed E-state index contributed by atoms with van der Waals surface area (Å²) in [6.45, 7) is 0.564. The van der Waals surface area contributed by atoms with Gasteiger partial charge in [0, 0.05) is 12.5 Å². The van der Waals surface area contributed by atoms with Crippen molar-refractivity contribution in [1.82, 2.24) is 14.4 Å². The third-order valence-electron chi connectivity index (χ3n) is 2.72. The highest BCUT2D eigenvalue weighted by Crippen LogP contribution is 2.25. The maximum Gasteiger partial charge on any atom is 0.213 e. The third-order valence-corrected chi connectivity index (χ3v) is 3.55. The van der Waals surface area contributed by atoms with E-state index in [9.17, 15) is 4.39 Å². The highest BCUT2D eigenvalue weighted by molar-refractivity contribution is 9.10. The zero-order valence-corrected chi connectivity index (χ0v) is 10.5. The maximum absolute atomic E-state index is 13.1. The molecule has 0 atom stereocenters. The number of aromatic amines is 1. The summed E-state index contributed by atoms with van der Waals surface area (Å²) in [6.07, 6.45) is 0.743. The molecule has 6 heteroatoms. The van der Waals surface area contributed by atoms with Crippen molar-refractivity contribution >= 4 is 32.7 Å². The van der Waals surface area contributed by atoms with Crippen LogP contribution in [0.2, 0.25) is 0 Å². The summed E-state index contributed by atoms with van der Waals surface area (Å²) >= 11 is 3.51. The molecule has 3 aromatic rings. The molecule has 4 nitrogen and oxygen atoms in total. The molecule has 0 aliphatic rings. The SMILES string of the molecule is NCCc1[nH]c2nc3cc(F)ccc3n2c1Br. The number of nitrogens with zero attached hydrogens (tertiary/aromatic N) is 2. The van der Waals surface area contributed by atoms with Gasteiger partial charge < -0.3 is 10.7 Å². The summed E-state index contributed by atoms with van der Waals surface area (Å²) in [6, 6.07) is 4.57. The van der Waals surface area contributed by atoms with Crippen LogP contribution < -0.4 is 5.73 Å². The van der Waals surface area contributed by atoms with Crippen molar-refractivity contribution in [2.45, 2.75) is 6.42 Å². The molecule has 0 radical (unpaired) electrons. The molecule has 3 rings (SSSR count). The molecule has 0 fully saturated rings. The monoisotopic (exact) mass is 296 g/mol. The third kappa shape index (κ3) is 1.56. The van der Waals surface area contributed by atoms with E-state index in [2.05, 4.69) is 25.9 Å². The van der Waals surface area contributed by atoms with E-state index in [-0.39, 0.29) is 5.82 Å². The summed E-state index contributed by atoms with van der Waals surface area (Å²) in [5, 5.41) is 0. The second-order valence-electron chi connectivity index (χ2n) is 3.84. The van der Waals surface area contributed by atoms with E-state index in [1.165, 1.54) is 12.1 Å².